The van der Waals surface area contributed by atoms with Gasteiger partial charge in [0.05, 0.1) is 12.1 Å². The number of likely N-dealkylation sites (N-methyl/N-ethyl adjacent to an activating group) is 2. The summed E-state index contributed by atoms with van der Waals surface area (Å²) >= 11 is 0. The van der Waals surface area contributed by atoms with E-state index in [1.165, 1.54) is 0 Å². The summed E-state index contributed by atoms with van der Waals surface area (Å²) in [6.07, 6.45) is 0.219. The van der Waals surface area contributed by atoms with Gasteiger partial charge in [0.15, 0.2) is 0 Å². The molecule has 1 aliphatic heterocycles. The first-order valence-electron chi connectivity index (χ1n) is 4.12. The van der Waals surface area contributed by atoms with Crippen LogP contribution in [0.2, 0.25) is 0 Å². The van der Waals surface area contributed by atoms with Gasteiger partial charge in [-0.2, -0.15) is 0 Å². The molecule has 70 valence electrons. The number of hydrogen-bond acceptors (Lipinski definition) is 3. The van der Waals surface area contributed by atoms with Crippen molar-refractivity contribution in [1.29, 1.82) is 0 Å². The Morgan fingerprint density at radius 2 is 2.17 bits per heavy atom. The standard InChI is InChI=1S/C8H16N2O2/c1-9(2)8(12)7-4-6(11)5-10(7)3/h6-7,11H,4-5H2,1-3H3. The fourth-order valence-electron chi connectivity index (χ4n) is 1.56. The quantitative estimate of drug-likeness (QED) is 0.559. The summed E-state index contributed by atoms with van der Waals surface area (Å²) in [4.78, 5) is 14.9. The SMILES string of the molecule is CN(C)C(=O)C1CC(O)CN1C. The van der Waals surface area contributed by atoms with Crippen LogP contribution < -0.4 is 0 Å². The third kappa shape index (κ3) is 1.76. The zero-order valence-corrected chi connectivity index (χ0v) is 7.82. The summed E-state index contributed by atoms with van der Waals surface area (Å²) in [5.41, 5.74) is 0. The molecule has 4 heteroatoms. The average molecular weight is 172 g/mol. The van der Waals surface area contributed by atoms with Crippen LogP contribution in [0.3, 0.4) is 0 Å². The molecule has 4 nitrogen and oxygen atoms in total. The second kappa shape index (κ2) is 3.41. The normalized spacial score (nSPS) is 30.7. The monoisotopic (exact) mass is 172 g/mol. The minimum absolute atomic E-state index is 0.0778. The van der Waals surface area contributed by atoms with Gasteiger partial charge in [0.2, 0.25) is 5.91 Å². The highest BCUT2D eigenvalue weighted by molar-refractivity contribution is 5.81. The van der Waals surface area contributed by atoms with E-state index in [1.807, 2.05) is 11.9 Å². The molecule has 0 aromatic carbocycles. The Morgan fingerprint density at radius 1 is 1.58 bits per heavy atom. The Labute approximate surface area is 72.8 Å². The average Bonchev–Trinajstić information content (AvgIpc) is 2.28. The minimum Gasteiger partial charge on any atom is -0.392 e. The van der Waals surface area contributed by atoms with E-state index < -0.39 is 0 Å². The lowest BCUT2D eigenvalue weighted by Gasteiger charge is -2.21. The van der Waals surface area contributed by atoms with Gasteiger partial charge in [-0.25, -0.2) is 0 Å². The van der Waals surface area contributed by atoms with Crippen LogP contribution in [0.15, 0.2) is 0 Å². The molecule has 0 aromatic heterocycles. The van der Waals surface area contributed by atoms with Crippen molar-refractivity contribution in [2.24, 2.45) is 0 Å². The molecule has 2 unspecified atom stereocenters. The maximum atomic E-state index is 11.5. The number of aliphatic hydroxyl groups excluding tert-OH is 1. The van der Waals surface area contributed by atoms with Crippen molar-refractivity contribution in [2.45, 2.75) is 18.6 Å². The molecule has 0 spiro atoms. The van der Waals surface area contributed by atoms with Crippen molar-refractivity contribution in [2.75, 3.05) is 27.7 Å². The molecule has 1 fully saturated rings. The Bertz CT molecular complexity index is 182. The number of amides is 1. The maximum Gasteiger partial charge on any atom is 0.239 e. The fourth-order valence-corrected chi connectivity index (χ4v) is 1.56. The van der Waals surface area contributed by atoms with Crippen LogP contribution in [0.5, 0.6) is 0 Å². The highest BCUT2D eigenvalue weighted by atomic mass is 16.3. The first-order chi connectivity index (χ1) is 5.52. The summed E-state index contributed by atoms with van der Waals surface area (Å²) < 4.78 is 0. The number of hydrogen-bond donors (Lipinski definition) is 1. The van der Waals surface area contributed by atoms with Crippen molar-refractivity contribution >= 4 is 5.91 Å². The van der Waals surface area contributed by atoms with Crippen molar-refractivity contribution in [3.05, 3.63) is 0 Å². The van der Waals surface area contributed by atoms with E-state index in [2.05, 4.69) is 0 Å². The second-order valence-corrected chi connectivity index (χ2v) is 3.58. The van der Waals surface area contributed by atoms with Crippen molar-refractivity contribution in [3.8, 4) is 0 Å². The lowest BCUT2D eigenvalue weighted by Crippen LogP contribution is -2.40. The smallest absolute Gasteiger partial charge is 0.239 e. The predicted octanol–water partition coefficient (Wildman–Crippen LogP) is -0.860. The van der Waals surface area contributed by atoms with E-state index in [1.54, 1.807) is 19.0 Å². The number of carbonyl (C=O) groups is 1. The molecule has 1 rings (SSSR count). The second-order valence-electron chi connectivity index (χ2n) is 3.58. The van der Waals surface area contributed by atoms with Crippen molar-refractivity contribution in [1.82, 2.24) is 9.80 Å². The van der Waals surface area contributed by atoms with Gasteiger partial charge in [0.25, 0.3) is 0 Å². The van der Waals surface area contributed by atoms with Gasteiger partial charge >= 0.3 is 0 Å². The molecule has 0 aromatic rings. The molecule has 12 heavy (non-hydrogen) atoms. The molecule has 1 amide bonds. The van der Waals surface area contributed by atoms with Gasteiger partial charge in [-0.1, -0.05) is 0 Å². The number of carbonyl (C=O) groups excluding carboxylic acids is 1. The third-order valence-electron chi connectivity index (χ3n) is 2.25. The molecule has 1 N–H and O–H groups in total. The van der Waals surface area contributed by atoms with Gasteiger partial charge < -0.3 is 10.0 Å². The number of aliphatic hydroxyl groups is 1. The van der Waals surface area contributed by atoms with Crippen LogP contribution in [-0.4, -0.2) is 60.6 Å². The molecular weight excluding hydrogens is 156 g/mol. The van der Waals surface area contributed by atoms with Crippen molar-refractivity contribution < 1.29 is 9.90 Å². The summed E-state index contributed by atoms with van der Waals surface area (Å²) in [6.45, 7) is 0.601. The van der Waals surface area contributed by atoms with E-state index >= 15 is 0 Å². The van der Waals surface area contributed by atoms with Crippen LogP contribution in [0.4, 0.5) is 0 Å². The van der Waals surface area contributed by atoms with Crippen LogP contribution in [0.25, 0.3) is 0 Å². The lowest BCUT2D eigenvalue weighted by molar-refractivity contribution is -0.133. The fraction of sp³-hybridized carbons (Fsp3) is 0.875. The minimum atomic E-state index is -0.344. The van der Waals surface area contributed by atoms with E-state index in [4.69, 9.17) is 0 Å². The van der Waals surface area contributed by atoms with Crippen molar-refractivity contribution in [3.63, 3.8) is 0 Å². The molecule has 0 bridgehead atoms. The zero-order chi connectivity index (χ0) is 9.30. The van der Waals surface area contributed by atoms with Gasteiger partial charge in [0.1, 0.15) is 0 Å². The van der Waals surface area contributed by atoms with Crippen LogP contribution in [0.1, 0.15) is 6.42 Å². The first-order valence-corrected chi connectivity index (χ1v) is 4.12. The highest BCUT2D eigenvalue weighted by Gasteiger charge is 2.33. The Morgan fingerprint density at radius 3 is 2.50 bits per heavy atom. The van der Waals surface area contributed by atoms with Gasteiger partial charge in [-0.3, -0.25) is 9.69 Å². The number of rotatable bonds is 1. The Balaban J connectivity index is 2.58. The zero-order valence-electron chi connectivity index (χ0n) is 7.82. The molecule has 0 aliphatic carbocycles. The summed E-state index contributed by atoms with van der Waals surface area (Å²) in [5.74, 6) is 0.0778. The summed E-state index contributed by atoms with van der Waals surface area (Å²) in [6, 6.07) is -0.130. The Kier molecular flexibility index (Phi) is 2.69. The molecule has 1 saturated heterocycles. The van der Waals surface area contributed by atoms with E-state index in [9.17, 15) is 9.90 Å². The van der Waals surface area contributed by atoms with Gasteiger partial charge in [-0.15, -0.1) is 0 Å². The molecular formula is C8H16N2O2. The van der Waals surface area contributed by atoms with Crippen LogP contribution in [0, 0.1) is 0 Å². The maximum absolute atomic E-state index is 11.5. The molecule has 1 aliphatic rings. The number of nitrogens with zero attached hydrogens (tertiary/aromatic N) is 2. The van der Waals surface area contributed by atoms with E-state index in [-0.39, 0.29) is 18.1 Å². The van der Waals surface area contributed by atoms with E-state index in [0.29, 0.717) is 13.0 Å². The topological polar surface area (TPSA) is 43.8 Å². The first kappa shape index (κ1) is 9.48. The van der Waals surface area contributed by atoms with Gasteiger partial charge in [0, 0.05) is 20.6 Å². The van der Waals surface area contributed by atoms with Gasteiger partial charge in [-0.05, 0) is 13.5 Å². The molecule has 0 radical (unpaired) electrons. The van der Waals surface area contributed by atoms with E-state index in [0.717, 1.165) is 0 Å². The highest BCUT2D eigenvalue weighted by Crippen LogP contribution is 2.16. The molecule has 0 saturated carbocycles. The summed E-state index contributed by atoms with van der Waals surface area (Å²) in [7, 11) is 5.34. The van der Waals surface area contributed by atoms with Crippen LogP contribution in [-0.2, 0) is 4.79 Å². The predicted molar refractivity (Wildman–Crippen MR) is 45.7 cm³/mol. The third-order valence-corrected chi connectivity index (χ3v) is 2.25. The Hall–Kier alpha value is -0.610. The van der Waals surface area contributed by atoms with Crippen LogP contribution >= 0.6 is 0 Å². The molecule has 1 heterocycles. The number of β-amino-alcohol motifs (C(OH)–C–C–N with tert-alkyl or cyclic N) is 1. The lowest BCUT2D eigenvalue weighted by atomic mass is 10.2. The largest absolute Gasteiger partial charge is 0.392 e. The summed E-state index contributed by atoms with van der Waals surface area (Å²) in [5, 5.41) is 9.29. The number of likely N-dealkylation sites (tertiary alicyclic amines) is 1. The molecule has 2 atom stereocenters.